The van der Waals surface area contributed by atoms with Gasteiger partial charge in [0.05, 0.1) is 17.0 Å². The summed E-state index contributed by atoms with van der Waals surface area (Å²) < 4.78 is 47.2. The predicted octanol–water partition coefficient (Wildman–Crippen LogP) is 6.32. The van der Waals surface area contributed by atoms with E-state index in [4.69, 9.17) is 16.3 Å². The van der Waals surface area contributed by atoms with E-state index < -0.39 is 23.8 Å². The number of ether oxygens (including phenoxy) is 1. The summed E-state index contributed by atoms with van der Waals surface area (Å²) in [4.78, 5) is 12.4. The summed E-state index contributed by atoms with van der Waals surface area (Å²) in [5.41, 5.74) is -0.337. The smallest absolute Gasteiger partial charge is 0.418 e. The van der Waals surface area contributed by atoms with Crippen LogP contribution in [0, 0.1) is 6.92 Å². The van der Waals surface area contributed by atoms with Gasteiger partial charge in [0.25, 0.3) is 0 Å². The van der Waals surface area contributed by atoms with E-state index in [-0.39, 0.29) is 11.4 Å². The molecule has 11 heteroatoms. The summed E-state index contributed by atoms with van der Waals surface area (Å²) in [6.07, 6.45) is -3.40. The standard InChI is InChI=1S/C23H22ClF3N4O2S/c1-4-11-31-21(15(3)33-16-9-10-18(24)14(2)12-16)29-30-22(31)34-13-20(32)28-19-8-6-5-7-17(19)23(25,26)27/h4-10,12,15H,1,11,13H2,2-3H3,(H,28,32). The number of allylic oxidation sites excluding steroid dienone is 1. The molecule has 1 atom stereocenters. The molecule has 34 heavy (non-hydrogen) atoms. The largest absolute Gasteiger partial charge is 0.483 e. The SMILES string of the molecule is C=CCn1c(SCC(=O)Nc2ccccc2C(F)(F)F)nnc1C(C)Oc1ccc(Cl)c(C)c1. The molecule has 3 rings (SSSR count). The van der Waals surface area contributed by atoms with E-state index in [9.17, 15) is 18.0 Å². The van der Waals surface area contributed by atoms with Gasteiger partial charge in [-0.1, -0.05) is 41.6 Å². The Morgan fingerprint density at radius 3 is 2.71 bits per heavy atom. The molecule has 1 unspecified atom stereocenters. The van der Waals surface area contributed by atoms with Gasteiger partial charge in [0.1, 0.15) is 5.75 Å². The van der Waals surface area contributed by atoms with Crippen molar-refractivity contribution in [3.05, 3.63) is 77.1 Å². The molecule has 0 saturated carbocycles. The zero-order valence-corrected chi connectivity index (χ0v) is 20.0. The maximum Gasteiger partial charge on any atom is 0.418 e. The number of alkyl halides is 3. The number of carbonyl (C=O) groups excluding carboxylic acids is 1. The molecule has 0 spiro atoms. The fourth-order valence-corrected chi connectivity index (χ4v) is 3.98. The summed E-state index contributed by atoms with van der Waals surface area (Å²) in [6.45, 7) is 7.77. The van der Waals surface area contributed by atoms with Gasteiger partial charge in [-0.15, -0.1) is 16.8 Å². The lowest BCUT2D eigenvalue weighted by molar-refractivity contribution is -0.137. The van der Waals surface area contributed by atoms with Gasteiger partial charge in [-0.3, -0.25) is 9.36 Å². The first-order valence-corrected chi connectivity index (χ1v) is 11.5. The van der Waals surface area contributed by atoms with Crippen LogP contribution >= 0.6 is 23.4 Å². The second-order valence-electron chi connectivity index (χ2n) is 7.29. The molecule has 1 heterocycles. The minimum atomic E-state index is -4.57. The Balaban J connectivity index is 1.70. The zero-order valence-electron chi connectivity index (χ0n) is 18.4. The molecule has 2 aromatic carbocycles. The van der Waals surface area contributed by atoms with Crippen molar-refractivity contribution in [2.45, 2.75) is 37.8 Å². The van der Waals surface area contributed by atoms with E-state index in [2.05, 4.69) is 22.1 Å². The Bertz CT molecular complexity index is 1180. The van der Waals surface area contributed by atoms with E-state index in [1.54, 1.807) is 22.8 Å². The number of amides is 1. The third kappa shape index (κ3) is 6.32. The average molecular weight is 511 g/mol. The number of rotatable bonds is 9. The Morgan fingerprint density at radius 1 is 1.29 bits per heavy atom. The maximum absolute atomic E-state index is 13.2. The summed E-state index contributed by atoms with van der Waals surface area (Å²) in [5, 5.41) is 11.7. The van der Waals surface area contributed by atoms with Gasteiger partial charge in [0, 0.05) is 11.6 Å². The molecule has 0 bridgehead atoms. The summed E-state index contributed by atoms with van der Waals surface area (Å²) >= 11 is 7.11. The van der Waals surface area contributed by atoms with E-state index in [0.29, 0.717) is 28.3 Å². The lowest BCUT2D eigenvalue weighted by atomic mass is 10.1. The van der Waals surface area contributed by atoms with E-state index in [1.165, 1.54) is 18.2 Å². The molecule has 1 aromatic heterocycles. The summed E-state index contributed by atoms with van der Waals surface area (Å²) in [5.74, 6) is 0.363. The van der Waals surface area contributed by atoms with Crippen LogP contribution in [-0.4, -0.2) is 26.4 Å². The van der Waals surface area contributed by atoms with Crippen LogP contribution in [0.15, 0.2) is 60.3 Å². The van der Waals surface area contributed by atoms with E-state index in [1.807, 2.05) is 19.9 Å². The van der Waals surface area contributed by atoms with Gasteiger partial charge in [-0.25, -0.2) is 0 Å². The lowest BCUT2D eigenvalue weighted by Gasteiger charge is -2.16. The molecule has 0 aliphatic heterocycles. The average Bonchev–Trinajstić information content (AvgIpc) is 3.17. The number of carbonyl (C=O) groups is 1. The highest BCUT2D eigenvalue weighted by Gasteiger charge is 2.33. The van der Waals surface area contributed by atoms with Crippen LogP contribution in [0.3, 0.4) is 0 Å². The fourth-order valence-electron chi connectivity index (χ4n) is 3.11. The van der Waals surface area contributed by atoms with Gasteiger partial charge < -0.3 is 10.1 Å². The highest BCUT2D eigenvalue weighted by Crippen LogP contribution is 2.34. The number of hydrogen-bond acceptors (Lipinski definition) is 5. The number of benzene rings is 2. The van der Waals surface area contributed by atoms with Crippen molar-refractivity contribution in [1.82, 2.24) is 14.8 Å². The Kier molecular flexibility index (Phi) is 8.27. The van der Waals surface area contributed by atoms with Crippen molar-refractivity contribution in [1.29, 1.82) is 0 Å². The Hall–Kier alpha value is -2.98. The topological polar surface area (TPSA) is 69.0 Å². The van der Waals surface area contributed by atoms with Crippen molar-refractivity contribution >= 4 is 35.0 Å². The molecule has 0 aliphatic rings. The molecule has 3 aromatic rings. The van der Waals surface area contributed by atoms with Gasteiger partial charge in [-0.05, 0) is 49.7 Å². The second kappa shape index (κ2) is 11.0. The van der Waals surface area contributed by atoms with Crippen molar-refractivity contribution in [3.8, 4) is 5.75 Å². The number of halogens is 4. The number of hydrogen-bond donors (Lipinski definition) is 1. The van der Waals surface area contributed by atoms with Gasteiger partial charge in [0.2, 0.25) is 5.91 Å². The lowest BCUT2D eigenvalue weighted by Crippen LogP contribution is -2.18. The molecule has 1 amide bonds. The quantitative estimate of drug-likeness (QED) is 0.269. The fraction of sp³-hybridized carbons (Fsp3) is 0.261. The first-order valence-electron chi connectivity index (χ1n) is 10.2. The van der Waals surface area contributed by atoms with Crippen LogP contribution in [0.2, 0.25) is 5.02 Å². The minimum absolute atomic E-state index is 0.160. The molecule has 0 radical (unpaired) electrons. The van der Waals surface area contributed by atoms with Crippen LogP contribution in [0.1, 0.15) is 30.0 Å². The van der Waals surface area contributed by atoms with Crippen molar-refractivity contribution in [2.75, 3.05) is 11.1 Å². The van der Waals surface area contributed by atoms with Gasteiger partial charge in [0.15, 0.2) is 17.1 Å². The molecular weight excluding hydrogens is 489 g/mol. The highest BCUT2D eigenvalue weighted by molar-refractivity contribution is 7.99. The van der Waals surface area contributed by atoms with E-state index >= 15 is 0 Å². The van der Waals surface area contributed by atoms with Crippen LogP contribution < -0.4 is 10.1 Å². The maximum atomic E-state index is 13.2. The van der Waals surface area contributed by atoms with Crippen molar-refractivity contribution in [2.24, 2.45) is 0 Å². The second-order valence-corrected chi connectivity index (χ2v) is 8.64. The number of para-hydroxylation sites is 1. The first kappa shape index (κ1) is 25.6. The number of aryl methyl sites for hydroxylation is 1. The van der Waals surface area contributed by atoms with Gasteiger partial charge >= 0.3 is 6.18 Å². The monoisotopic (exact) mass is 510 g/mol. The van der Waals surface area contributed by atoms with Crippen LogP contribution in [0.25, 0.3) is 0 Å². The van der Waals surface area contributed by atoms with Gasteiger partial charge in [-0.2, -0.15) is 13.2 Å². The Labute approximate surface area is 204 Å². The number of nitrogens with zero attached hydrogens (tertiary/aromatic N) is 3. The molecule has 0 saturated heterocycles. The first-order chi connectivity index (χ1) is 16.1. The molecular formula is C23H22ClF3N4O2S. The van der Waals surface area contributed by atoms with Crippen LogP contribution in [-0.2, 0) is 17.5 Å². The van der Waals surface area contributed by atoms with Crippen molar-refractivity contribution in [3.63, 3.8) is 0 Å². The molecule has 180 valence electrons. The number of nitrogens with one attached hydrogen (secondary N) is 1. The van der Waals surface area contributed by atoms with Crippen molar-refractivity contribution < 1.29 is 22.7 Å². The number of thioether (sulfide) groups is 1. The number of aromatic nitrogens is 3. The van der Waals surface area contributed by atoms with E-state index in [0.717, 1.165) is 23.4 Å². The summed E-state index contributed by atoms with van der Waals surface area (Å²) in [7, 11) is 0. The third-order valence-electron chi connectivity index (χ3n) is 4.70. The minimum Gasteiger partial charge on any atom is -0.483 e. The molecule has 0 fully saturated rings. The molecule has 6 nitrogen and oxygen atoms in total. The Morgan fingerprint density at radius 2 is 2.03 bits per heavy atom. The molecule has 1 N–H and O–H groups in total. The van der Waals surface area contributed by atoms with Crippen LogP contribution in [0.5, 0.6) is 5.75 Å². The zero-order chi connectivity index (χ0) is 24.9. The highest BCUT2D eigenvalue weighted by atomic mass is 35.5. The van der Waals surface area contributed by atoms with Crippen LogP contribution in [0.4, 0.5) is 18.9 Å². The predicted molar refractivity (Wildman–Crippen MR) is 126 cm³/mol. The summed E-state index contributed by atoms with van der Waals surface area (Å²) in [6, 6.07) is 10.1. The normalized spacial score (nSPS) is 12.3. The third-order valence-corrected chi connectivity index (χ3v) is 6.09. The number of anilines is 1. The molecule has 0 aliphatic carbocycles.